The van der Waals surface area contributed by atoms with Crippen LogP contribution in [0, 0.1) is 0 Å². The largest absolute Gasteiger partial charge is 0.309 e. The molecule has 0 radical (unpaired) electrons. The van der Waals surface area contributed by atoms with Crippen molar-refractivity contribution in [1.82, 2.24) is 4.90 Å². The topological polar surface area (TPSA) is 3.24 Å². The van der Waals surface area contributed by atoms with Crippen molar-refractivity contribution < 1.29 is 0 Å². The van der Waals surface area contributed by atoms with E-state index in [2.05, 4.69) is 55.7 Å². The van der Waals surface area contributed by atoms with Crippen LogP contribution in [0.2, 0.25) is 0 Å². The third kappa shape index (κ3) is 21.3. The van der Waals surface area contributed by atoms with Gasteiger partial charge in [-0.3, -0.25) is 0 Å². The molecule has 0 saturated carbocycles. The van der Waals surface area contributed by atoms with Gasteiger partial charge >= 0.3 is 0 Å². The van der Waals surface area contributed by atoms with Crippen LogP contribution in [-0.2, 0) is 0 Å². The SMILES string of the molecule is CCCCP(CCCC)CCCC.CN(C)CCBr. The maximum Gasteiger partial charge on any atom is 0.0159 e. The van der Waals surface area contributed by atoms with E-state index in [-0.39, 0.29) is 0 Å². The maximum absolute atomic E-state index is 3.31. The highest BCUT2D eigenvalue weighted by Crippen LogP contribution is 2.38. The van der Waals surface area contributed by atoms with E-state index in [0.717, 1.165) is 11.9 Å². The minimum atomic E-state index is 0.422. The van der Waals surface area contributed by atoms with Crippen molar-refractivity contribution in [3.63, 3.8) is 0 Å². The molecule has 118 valence electrons. The molecule has 0 fully saturated rings. The Morgan fingerprint density at radius 3 is 1.32 bits per heavy atom. The van der Waals surface area contributed by atoms with E-state index in [1.54, 1.807) is 18.5 Å². The Hall–Kier alpha value is 0.870. The van der Waals surface area contributed by atoms with Gasteiger partial charge in [0.15, 0.2) is 0 Å². The Morgan fingerprint density at radius 2 is 1.16 bits per heavy atom. The molecular weight excluding hydrogens is 317 g/mol. The number of nitrogens with zero attached hydrogens (tertiary/aromatic N) is 1. The van der Waals surface area contributed by atoms with E-state index in [0.29, 0.717) is 7.92 Å². The summed E-state index contributed by atoms with van der Waals surface area (Å²) in [6.45, 7) is 8.06. The second kappa shape index (κ2) is 18.9. The van der Waals surface area contributed by atoms with Gasteiger partial charge in [-0.05, 0) is 51.8 Å². The molecule has 0 aromatic rings. The van der Waals surface area contributed by atoms with Crippen LogP contribution in [0.3, 0.4) is 0 Å². The molecular formula is C16H37BrNP. The molecule has 0 aliphatic heterocycles. The maximum atomic E-state index is 3.31. The van der Waals surface area contributed by atoms with E-state index >= 15 is 0 Å². The summed E-state index contributed by atoms with van der Waals surface area (Å²) in [5.41, 5.74) is 0. The van der Waals surface area contributed by atoms with Gasteiger partial charge in [-0.25, -0.2) is 0 Å². The first-order valence-electron chi connectivity index (χ1n) is 8.05. The van der Waals surface area contributed by atoms with Gasteiger partial charge in [-0.2, -0.15) is 0 Å². The molecule has 0 rings (SSSR count). The van der Waals surface area contributed by atoms with Crippen molar-refractivity contribution in [2.24, 2.45) is 0 Å². The van der Waals surface area contributed by atoms with E-state index in [1.807, 2.05) is 0 Å². The summed E-state index contributed by atoms with van der Waals surface area (Å²) in [7, 11) is 4.54. The Labute approximate surface area is 132 Å². The Morgan fingerprint density at radius 1 is 0.789 bits per heavy atom. The number of unbranched alkanes of at least 4 members (excludes halogenated alkanes) is 3. The third-order valence-corrected chi connectivity index (χ3v) is 6.22. The predicted octanol–water partition coefficient (Wildman–Crippen LogP) is 5.81. The zero-order valence-electron chi connectivity index (χ0n) is 14.1. The first-order chi connectivity index (χ1) is 9.12. The highest BCUT2D eigenvalue weighted by Gasteiger charge is 2.05. The molecule has 0 unspecified atom stereocenters. The third-order valence-electron chi connectivity index (χ3n) is 3.02. The molecule has 0 aliphatic rings. The summed E-state index contributed by atoms with van der Waals surface area (Å²) in [5, 5.41) is 1.07. The highest BCUT2D eigenvalue weighted by molar-refractivity contribution is 9.09. The summed E-state index contributed by atoms with van der Waals surface area (Å²) >= 11 is 3.31. The van der Waals surface area contributed by atoms with Gasteiger partial charge < -0.3 is 4.90 Å². The summed E-state index contributed by atoms with van der Waals surface area (Å²) in [4.78, 5) is 2.13. The smallest absolute Gasteiger partial charge is 0.0159 e. The van der Waals surface area contributed by atoms with Crippen LogP contribution in [0.5, 0.6) is 0 Å². The van der Waals surface area contributed by atoms with E-state index < -0.39 is 0 Å². The number of hydrogen-bond donors (Lipinski definition) is 0. The standard InChI is InChI=1S/C12H27P.C4H10BrN/c1-4-7-10-13(11-8-5-2)12-9-6-3;1-6(2)4-3-5/h4-12H2,1-3H3;3-4H2,1-2H3. The van der Waals surface area contributed by atoms with Crippen LogP contribution in [-0.4, -0.2) is 49.4 Å². The van der Waals surface area contributed by atoms with E-state index in [4.69, 9.17) is 0 Å². The van der Waals surface area contributed by atoms with Crippen LogP contribution >= 0.6 is 23.9 Å². The fourth-order valence-electron chi connectivity index (χ4n) is 1.65. The van der Waals surface area contributed by atoms with E-state index in [1.165, 1.54) is 38.5 Å². The lowest BCUT2D eigenvalue weighted by atomic mass is 10.4. The van der Waals surface area contributed by atoms with Gasteiger partial charge in [0.25, 0.3) is 0 Å². The summed E-state index contributed by atoms with van der Waals surface area (Å²) in [5.74, 6) is 0. The monoisotopic (exact) mass is 353 g/mol. The second-order valence-electron chi connectivity index (χ2n) is 5.39. The first kappa shape index (κ1) is 22.2. The average molecular weight is 354 g/mol. The molecule has 0 heterocycles. The zero-order chi connectivity index (χ0) is 14.9. The van der Waals surface area contributed by atoms with Crippen molar-refractivity contribution in [3.8, 4) is 0 Å². The van der Waals surface area contributed by atoms with Gasteiger partial charge in [0, 0.05) is 11.9 Å². The highest BCUT2D eigenvalue weighted by atomic mass is 79.9. The number of rotatable bonds is 11. The molecule has 0 atom stereocenters. The fraction of sp³-hybridized carbons (Fsp3) is 1.00. The van der Waals surface area contributed by atoms with Gasteiger partial charge in [-0.1, -0.05) is 56.0 Å². The van der Waals surface area contributed by atoms with E-state index in [9.17, 15) is 0 Å². The molecule has 0 N–H and O–H groups in total. The Balaban J connectivity index is 0. The average Bonchev–Trinajstić information content (AvgIpc) is 2.38. The molecule has 0 aliphatic carbocycles. The number of hydrogen-bond acceptors (Lipinski definition) is 1. The molecule has 0 bridgehead atoms. The quantitative estimate of drug-likeness (QED) is 0.334. The first-order valence-corrected chi connectivity index (χ1v) is 11.1. The van der Waals surface area contributed by atoms with Crippen molar-refractivity contribution in [2.75, 3.05) is 44.5 Å². The van der Waals surface area contributed by atoms with Crippen molar-refractivity contribution in [2.45, 2.75) is 59.3 Å². The van der Waals surface area contributed by atoms with Crippen molar-refractivity contribution in [1.29, 1.82) is 0 Å². The lowest BCUT2D eigenvalue weighted by Gasteiger charge is -2.16. The summed E-state index contributed by atoms with van der Waals surface area (Å²) < 4.78 is 0. The molecule has 0 saturated heterocycles. The molecule has 0 aromatic carbocycles. The molecule has 0 spiro atoms. The van der Waals surface area contributed by atoms with Crippen LogP contribution in [0.1, 0.15) is 59.3 Å². The molecule has 0 aromatic heterocycles. The predicted molar refractivity (Wildman–Crippen MR) is 98.6 cm³/mol. The Bertz CT molecular complexity index is 135. The van der Waals surface area contributed by atoms with Crippen molar-refractivity contribution >= 4 is 23.9 Å². The summed E-state index contributed by atoms with van der Waals surface area (Å²) in [6.07, 6.45) is 13.2. The molecule has 0 amide bonds. The van der Waals surface area contributed by atoms with Gasteiger partial charge in [0.2, 0.25) is 0 Å². The van der Waals surface area contributed by atoms with Crippen LogP contribution in [0.4, 0.5) is 0 Å². The molecule has 3 heteroatoms. The van der Waals surface area contributed by atoms with Gasteiger partial charge in [-0.15, -0.1) is 7.92 Å². The molecule has 19 heavy (non-hydrogen) atoms. The number of alkyl halides is 1. The van der Waals surface area contributed by atoms with Gasteiger partial charge in [0.05, 0.1) is 0 Å². The minimum absolute atomic E-state index is 0.422. The van der Waals surface area contributed by atoms with Gasteiger partial charge in [0.1, 0.15) is 0 Å². The lowest BCUT2D eigenvalue weighted by Crippen LogP contribution is -2.13. The second-order valence-corrected chi connectivity index (χ2v) is 8.87. The Kier molecular flexibility index (Phi) is 22.0. The van der Waals surface area contributed by atoms with Crippen LogP contribution in [0.25, 0.3) is 0 Å². The lowest BCUT2D eigenvalue weighted by molar-refractivity contribution is 0.438. The van der Waals surface area contributed by atoms with Crippen LogP contribution in [0.15, 0.2) is 0 Å². The summed E-state index contributed by atoms with van der Waals surface area (Å²) in [6, 6.07) is 0. The fourth-order valence-corrected chi connectivity index (χ4v) is 5.32. The zero-order valence-corrected chi connectivity index (χ0v) is 16.5. The van der Waals surface area contributed by atoms with Crippen molar-refractivity contribution in [3.05, 3.63) is 0 Å². The molecule has 1 nitrogen and oxygen atoms in total. The normalized spacial score (nSPS) is 10.7. The number of halogens is 1. The van der Waals surface area contributed by atoms with Crippen LogP contribution < -0.4 is 0 Å². The minimum Gasteiger partial charge on any atom is -0.309 e.